The second-order valence-corrected chi connectivity index (χ2v) is 8.08. The maximum atomic E-state index is 6.00. The van der Waals surface area contributed by atoms with E-state index in [1.165, 1.54) is 16.8 Å². The topological polar surface area (TPSA) is 43.2 Å². The third kappa shape index (κ3) is 3.15. The Hall–Kier alpha value is -2.50. The van der Waals surface area contributed by atoms with Crippen LogP contribution in [0.2, 0.25) is 0 Å². The monoisotopic (exact) mass is 374 g/mol. The summed E-state index contributed by atoms with van der Waals surface area (Å²) in [6.45, 7) is 6.51. The van der Waals surface area contributed by atoms with Gasteiger partial charge in [0.1, 0.15) is 12.4 Å². The second-order valence-electron chi connectivity index (χ2n) is 8.08. The average molecular weight is 374 g/mol. The van der Waals surface area contributed by atoms with Gasteiger partial charge < -0.3 is 9.30 Å². The van der Waals surface area contributed by atoms with Crippen LogP contribution in [0.5, 0.6) is 0 Å². The molecule has 5 rings (SSSR count). The van der Waals surface area contributed by atoms with Crippen LogP contribution < -0.4 is 0 Å². The lowest BCUT2D eigenvalue weighted by molar-refractivity contribution is -0.0317. The van der Waals surface area contributed by atoms with Crippen LogP contribution in [0, 0.1) is 6.92 Å². The minimum atomic E-state index is 0.00488. The highest BCUT2D eigenvalue weighted by atomic mass is 16.5. The van der Waals surface area contributed by atoms with E-state index in [0.717, 1.165) is 50.6 Å². The van der Waals surface area contributed by atoms with Crippen molar-refractivity contribution in [1.29, 1.82) is 0 Å². The standard InChI is InChI=1S/C23H26N4O/c1-18-5-7-19(8-6-18)21-14-25-22-16-28-17-23(27(21)22)9-12-26(13-10-23)15-20-4-2-3-11-24-20/h2-8,11,14H,9-10,12-13,15-17H2,1H3. The maximum Gasteiger partial charge on any atom is 0.135 e. The molecule has 1 fully saturated rings. The van der Waals surface area contributed by atoms with Gasteiger partial charge in [-0.3, -0.25) is 9.88 Å². The minimum Gasteiger partial charge on any atom is -0.371 e. The van der Waals surface area contributed by atoms with Crippen molar-refractivity contribution in [3.63, 3.8) is 0 Å². The first-order valence-corrected chi connectivity index (χ1v) is 10.1. The number of hydrogen-bond donors (Lipinski definition) is 0. The fraction of sp³-hybridized carbons (Fsp3) is 0.391. The van der Waals surface area contributed by atoms with Crippen molar-refractivity contribution in [2.45, 2.75) is 38.5 Å². The summed E-state index contributed by atoms with van der Waals surface area (Å²) >= 11 is 0. The van der Waals surface area contributed by atoms with Gasteiger partial charge in [0.15, 0.2) is 0 Å². The van der Waals surface area contributed by atoms with Gasteiger partial charge in [-0.1, -0.05) is 35.9 Å². The van der Waals surface area contributed by atoms with Crippen LogP contribution in [0.3, 0.4) is 0 Å². The number of pyridine rings is 1. The molecule has 1 spiro atoms. The van der Waals surface area contributed by atoms with Gasteiger partial charge in [-0.2, -0.15) is 0 Å². The summed E-state index contributed by atoms with van der Waals surface area (Å²) in [5.41, 5.74) is 4.88. The van der Waals surface area contributed by atoms with E-state index in [0.29, 0.717) is 6.61 Å². The Labute approximate surface area is 166 Å². The molecular weight excluding hydrogens is 348 g/mol. The molecule has 28 heavy (non-hydrogen) atoms. The summed E-state index contributed by atoms with van der Waals surface area (Å²) in [7, 11) is 0. The number of piperidine rings is 1. The lowest BCUT2D eigenvalue weighted by Crippen LogP contribution is -2.51. The molecule has 2 aromatic heterocycles. The van der Waals surface area contributed by atoms with Gasteiger partial charge in [-0.05, 0) is 37.5 Å². The highest BCUT2D eigenvalue weighted by Gasteiger charge is 2.41. The predicted molar refractivity (Wildman–Crippen MR) is 109 cm³/mol. The molecule has 0 aliphatic carbocycles. The highest BCUT2D eigenvalue weighted by Crippen LogP contribution is 2.39. The van der Waals surface area contributed by atoms with Crippen molar-refractivity contribution in [3.05, 3.63) is 71.9 Å². The molecule has 5 nitrogen and oxygen atoms in total. The van der Waals surface area contributed by atoms with E-state index in [2.05, 4.69) is 57.8 Å². The third-order valence-electron chi connectivity index (χ3n) is 6.16. The highest BCUT2D eigenvalue weighted by molar-refractivity contribution is 5.60. The molecule has 0 bridgehead atoms. The molecule has 5 heteroatoms. The lowest BCUT2D eigenvalue weighted by Gasteiger charge is -2.46. The molecular formula is C23H26N4O. The van der Waals surface area contributed by atoms with Gasteiger partial charge in [-0.15, -0.1) is 0 Å². The second kappa shape index (κ2) is 7.15. The molecule has 4 heterocycles. The molecule has 0 atom stereocenters. The van der Waals surface area contributed by atoms with E-state index in [1.807, 2.05) is 18.5 Å². The van der Waals surface area contributed by atoms with Crippen molar-refractivity contribution < 1.29 is 4.74 Å². The number of likely N-dealkylation sites (tertiary alicyclic amines) is 1. The number of benzene rings is 1. The van der Waals surface area contributed by atoms with Crippen molar-refractivity contribution in [1.82, 2.24) is 19.4 Å². The number of hydrogen-bond acceptors (Lipinski definition) is 4. The normalized spacial score (nSPS) is 18.9. The number of aromatic nitrogens is 3. The van der Waals surface area contributed by atoms with Crippen LogP contribution in [-0.4, -0.2) is 39.1 Å². The van der Waals surface area contributed by atoms with E-state index < -0.39 is 0 Å². The Kier molecular flexibility index (Phi) is 4.49. The Morgan fingerprint density at radius 1 is 1.04 bits per heavy atom. The van der Waals surface area contributed by atoms with Crippen molar-refractivity contribution >= 4 is 0 Å². The number of ether oxygens (including phenoxy) is 1. The van der Waals surface area contributed by atoms with E-state index in [1.54, 1.807) is 0 Å². The molecule has 2 aliphatic heterocycles. The quantitative estimate of drug-likeness (QED) is 0.700. The van der Waals surface area contributed by atoms with Crippen molar-refractivity contribution in [2.24, 2.45) is 0 Å². The number of nitrogens with zero attached hydrogens (tertiary/aromatic N) is 4. The first-order valence-electron chi connectivity index (χ1n) is 10.1. The molecule has 1 aromatic carbocycles. The summed E-state index contributed by atoms with van der Waals surface area (Å²) in [4.78, 5) is 11.7. The zero-order valence-corrected chi connectivity index (χ0v) is 16.3. The maximum absolute atomic E-state index is 6.00. The summed E-state index contributed by atoms with van der Waals surface area (Å²) in [6.07, 6.45) is 6.04. The molecule has 144 valence electrons. The summed E-state index contributed by atoms with van der Waals surface area (Å²) in [6, 6.07) is 14.9. The Bertz CT molecular complexity index is 940. The van der Waals surface area contributed by atoms with Gasteiger partial charge in [0.2, 0.25) is 0 Å². The molecule has 0 saturated carbocycles. The van der Waals surface area contributed by atoms with Crippen LogP contribution in [-0.2, 0) is 23.4 Å². The molecule has 1 saturated heterocycles. The lowest BCUT2D eigenvalue weighted by atomic mass is 9.86. The Balaban J connectivity index is 1.41. The number of rotatable bonds is 3. The largest absolute Gasteiger partial charge is 0.371 e. The summed E-state index contributed by atoms with van der Waals surface area (Å²) in [5, 5.41) is 0. The van der Waals surface area contributed by atoms with Gasteiger partial charge in [0.05, 0.1) is 29.7 Å². The van der Waals surface area contributed by atoms with E-state index in [-0.39, 0.29) is 5.54 Å². The number of fused-ring (bicyclic) bond motifs is 2. The average Bonchev–Trinajstić information content (AvgIpc) is 3.17. The fourth-order valence-corrected chi connectivity index (χ4v) is 4.56. The van der Waals surface area contributed by atoms with Gasteiger partial charge >= 0.3 is 0 Å². The van der Waals surface area contributed by atoms with Crippen LogP contribution in [0.1, 0.15) is 29.9 Å². The van der Waals surface area contributed by atoms with E-state index in [9.17, 15) is 0 Å². The molecule has 0 amide bonds. The summed E-state index contributed by atoms with van der Waals surface area (Å²) in [5.74, 6) is 1.06. The van der Waals surface area contributed by atoms with Crippen LogP contribution in [0.4, 0.5) is 0 Å². The summed E-state index contributed by atoms with van der Waals surface area (Å²) < 4.78 is 8.48. The third-order valence-corrected chi connectivity index (χ3v) is 6.16. The zero-order valence-electron chi connectivity index (χ0n) is 16.3. The molecule has 0 N–H and O–H groups in total. The van der Waals surface area contributed by atoms with Gasteiger partial charge in [0, 0.05) is 25.8 Å². The van der Waals surface area contributed by atoms with Gasteiger partial charge in [-0.25, -0.2) is 4.98 Å². The van der Waals surface area contributed by atoms with Crippen molar-refractivity contribution in [3.8, 4) is 11.3 Å². The zero-order chi connectivity index (χ0) is 19.0. The number of imidazole rings is 1. The van der Waals surface area contributed by atoms with E-state index in [4.69, 9.17) is 9.72 Å². The molecule has 3 aromatic rings. The molecule has 2 aliphatic rings. The first kappa shape index (κ1) is 17.6. The minimum absolute atomic E-state index is 0.00488. The fourth-order valence-electron chi connectivity index (χ4n) is 4.56. The Morgan fingerprint density at radius 3 is 2.61 bits per heavy atom. The smallest absolute Gasteiger partial charge is 0.135 e. The molecule has 0 unspecified atom stereocenters. The Morgan fingerprint density at radius 2 is 1.86 bits per heavy atom. The van der Waals surface area contributed by atoms with Crippen LogP contribution in [0.25, 0.3) is 11.3 Å². The van der Waals surface area contributed by atoms with E-state index >= 15 is 0 Å². The predicted octanol–water partition coefficient (Wildman–Crippen LogP) is 3.78. The van der Waals surface area contributed by atoms with Crippen LogP contribution in [0.15, 0.2) is 54.9 Å². The van der Waals surface area contributed by atoms with Gasteiger partial charge in [0.25, 0.3) is 0 Å². The molecule has 0 radical (unpaired) electrons. The first-order chi connectivity index (χ1) is 13.7. The van der Waals surface area contributed by atoms with Crippen LogP contribution >= 0.6 is 0 Å². The van der Waals surface area contributed by atoms with Crippen molar-refractivity contribution in [2.75, 3.05) is 19.7 Å². The number of aryl methyl sites for hydroxylation is 1. The SMILES string of the molecule is Cc1ccc(-c2cnc3n2C2(CCN(Cc4ccccn4)CC2)COC3)cc1.